The van der Waals surface area contributed by atoms with Crippen LogP contribution in [0.25, 0.3) is 0 Å². The van der Waals surface area contributed by atoms with Gasteiger partial charge in [-0.05, 0) is 36.5 Å². The normalized spacial score (nSPS) is 19.0. The smallest absolute Gasteiger partial charge is 0.191 e. The summed E-state index contributed by atoms with van der Waals surface area (Å²) < 4.78 is 19.0. The van der Waals surface area contributed by atoms with Crippen molar-refractivity contribution in [2.75, 3.05) is 46.4 Å². The van der Waals surface area contributed by atoms with E-state index in [1.54, 1.807) is 19.2 Å². The molecule has 1 aromatic rings. The number of morpholine rings is 1. The monoisotopic (exact) mass is 364 g/mol. The number of aryl methyl sites for hydroxylation is 1. The Balaban J connectivity index is 1.64. The van der Waals surface area contributed by atoms with E-state index in [4.69, 9.17) is 4.74 Å². The molecule has 1 aromatic carbocycles. The van der Waals surface area contributed by atoms with Gasteiger partial charge in [0.25, 0.3) is 0 Å². The number of rotatable bonds is 8. The zero-order chi connectivity index (χ0) is 18.8. The lowest BCUT2D eigenvalue weighted by atomic mass is 10.1. The fourth-order valence-corrected chi connectivity index (χ4v) is 3.21. The van der Waals surface area contributed by atoms with Crippen molar-refractivity contribution in [3.05, 3.63) is 35.6 Å². The molecule has 0 spiro atoms. The molecule has 0 amide bonds. The van der Waals surface area contributed by atoms with E-state index in [1.807, 2.05) is 6.07 Å². The molecule has 5 nitrogen and oxygen atoms in total. The van der Waals surface area contributed by atoms with E-state index in [2.05, 4.69) is 34.4 Å². The van der Waals surface area contributed by atoms with Crippen LogP contribution in [0.15, 0.2) is 29.3 Å². The summed E-state index contributed by atoms with van der Waals surface area (Å²) in [4.78, 5) is 6.73. The minimum atomic E-state index is -0.174. The van der Waals surface area contributed by atoms with Gasteiger partial charge < -0.3 is 15.4 Å². The molecule has 146 valence electrons. The molecule has 0 bridgehead atoms. The molecule has 1 heterocycles. The largest absolute Gasteiger partial charge is 0.374 e. The number of benzene rings is 1. The van der Waals surface area contributed by atoms with Crippen LogP contribution in [0.5, 0.6) is 0 Å². The molecule has 2 N–H and O–H groups in total. The SMILES string of the molecule is CN=C(NCCCc1cccc(F)c1)NCC1CN(CC(C)C)CCO1. The first-order valence-electron chi connectivity index (χ1n) is 9.59. The maximum atomic E-state index is 13.2. The van der Waals surface area contributed by atoms with Gasteiger partial charge in [-0.25, -0.2) is 4.39 Å². The number of hydrogen-bond acceptors (Lipinski definition) is 3. The summed E-state index contributed by atoms with van der Waals surface area (Å²) in [6, 6.07) is 6.78. The molecule has 0 saturated carbocycles. The first-order chi connectivity index (χ1) is 12.6. The van der Waals surface area contributed by atoms with Crippen LogP contribution >= 0.6 is 0 Å². The molecule has 1 aliphatic rings. The van der Waals surface area contributed by atoms with E-state index in [-0.39, 0.29) is 11.9 Å². The molecule has 1 fully saturated rings. The molecule has 2 rings (SSSR count). The molecule has 1 atom stereocenters. The summed E-state index contributed by atoms with van der Waals surface area (Å²) in [6.07, 6.45) is 1.96. The maximum absolute atomic E-state index is 13.2. The van der Waals surface area contributed by atoms with Gasteiger partial charge in [0.2, 0.25) is 0 Å². The van der Waals surface area contributed by atoms with E-state index in [9.17, 15) is 4.39 Å². The molecule has 0 radical (unpaired) electrons. The highest BCUT2D eigenvalue weighted by atomic mass is 19.1. The minimum absolute atomic E-state index is 0.174. The number of guanidine groups is 1. The molecule has 0 aliphatic carbocycles. The third kappa shape index (κ3) is 7.70. The molecular weight excluding hydrogens is 331 g/mol. The summed E-state index contributed by atoms with van der Waals surface area (Å²) in [5, 5.41) is 6.66. The molecule has 26 heavy (non-hydrogen) atoms. The third-order valence-electron chi connectivity index (χ3n) is 4.39. The summed E-state index contributed by atoms with van der Waals surface area (Å²) >= 11 is 0. The second kappa shape index (κ2) is 11.1. The Morgan fingerprint density at radius 2 is 2.23 bits per heavy atom. The quantitative estimate of drug-likeness (QED) is 0.422. The van der Waals surface area contributed by atoms with Crippen LogP contribution in [0.2, 0.25) is 0 Å². The van der Waals surface area contributed by atoms with Crippen molar-refractivity contribution in [2.45, 2.75) is 32.8 Å². The van der Waals surface area contributed by atoms with Gasteiger partial charge in [-0.15, -0.1) is 0 Å². The Bertz CT molecular complexity index is 564. The Morgan fingerprint density at radius 3 is 2.96 bits per heavy atom. The van der Waals surface area contributed by atoms with Crippen molar-refractivity contribution < 1.29 is 9.13 Å². The van der Waals surface area contributed by atoms with Crippen molar-refractivity contribution in [1.82, 2.24) is 15.5 Å². The second-order valence-electron chi connectivity index (χ2n) is 7.26. The second-order valence-corrected chi connectivity index (χ2v) is 7.26. The van der Waals surface area contributed by atoms with E-state index >= 15 is 0 Å². The van der Waals surface area contributed by atoms with Crippen molar-refractivity contribution in [3.8, 4) is 0 Å². The summed E-state index contributed by atoms with van der Waals surface area (Å²) in [5.41, 5.74) is 1.02. The first kappa shape index (κ1) is 20.6. The highest BCUT2D eigenvalue weighted by Crippen LogP contribution is 2.08. The Morgan fingerprint density at radius 1 is 1.38 bits per heavy atom. The maximum Gasteiger partial charge on any atom is 0.191 e. The van der Waals surface area contributed by atoms with Gasteiger partial charge in [-0.2, -0.15) is 0 Å². The van der Waals surface area contributed by atoms with Gasteiger partial charge in [-0.3, -0.25) is 9.89 Å². The van der Waals surface area contributed by atoms with E-state index in [0.29, 0.717) is 5.92 Å². The van der Waals surface area contributed by atoms with Gasteiger partial charge in [0, 0.05) is 39.8 Å². The Kier molecular flexibility index (Phi) is 8.85. The number of hydrogen-bond donors (Lipinski definition) is 2. The minimum Gasteiger partial charge on any atom is -0.374 e. The van der Waals surface area contributed by atoms with Gasteiger partial charge >= 0.3 is 0 Å². The van der Waals surface area contributed by atoms with E-state index in [1.165, 1.54) is 6.07 Å². The molecule has 1 aliphatic heterocycles. The molecule has 6 heteroatoms. The van der Waals surface area contributed by atoms with Crippen molar-refractivity contribution in [1.29, 1.82) is 0 Å². The number of nitrogens with zero attached hydrogens (tertiary/aromatic N) is 2. The van der Waals surface area contributed by atoms with E-state index < -0.39 is 0 Å². The molecular formula is C20H33FN4O. The van der Waals surface area contributed by atoms with Gasteiger partial charge in [-0.1, -0.05) is 26.0 Å². The zero-order valence-corrected chi connectivity index (χ0v) is 16.3. The highest BCUT2D eigenvalue weighted by Gasteiger charge is 2.20. The van der Waals surface area contributed by atoms with Crippen LogP contribution < -0.4 is 10.6 Å². The molecule has 1 unspecified atom stereocenters. The zero-order valence-electron chi connectivity index (χ0n) is 16.3. The van der Waals surface area contributed by atoms with Crippen LogP contribution in [0, 0.1) is 11.7 Å². The third-order valence-corrected chi connectivity index (χ3v) is 4.39. The lowest BCUT2D eigenvalue weighted by Crippen LogP contribution is -2.50. The van der Waals surface area contributed by atoms with Crippen LogP contribution in [0.4, 0.5) is 4.39 Å². The average molecular weight is 365 g/mol. The molecule has 0 aromatic heterocycles. The Hall–Kier alpha value is -1.66. The van der Waals surface area contributed by atoms with Gasteiger partial charge in [0.1, 0.15) is 5.82 Å². The highest BCUT2D eigenvalue weighted by molar-refractivity contribution is 5.79. The van der Waals surface area contributed by atoms with Crippen LogP contribution in [0.1, 0.15) is 25.8 Å². The van der Waals surface area contributed by atoms with Crippen molar-refractivity contribution in [2.24, 2.45) is 10.9 Å². The topological polar surface area (TPSA) is 48.9 Å². The van der Waals surface area contributed by atoms with Gasteiger partial charge in [0.15, 0.2) is 5.96 Å². The van der Waals surface area contributed by atoms with E-state index in [0.717, 1.165) is 63.7 Å². The lowest BCUT2D eigenvalue weighted by Gasteiger charge is -2.34. The van der Waals surface area contributed by atoms with Crippen molar-refractivity contribution >= 4 is 5.96 Å². The van der Waals surface area contributed by atoms with Gasteiger partial charge in [0.05, 0.1) is 12.7 Å². The predicted molar refractivity (Wildman–Crippen MR) is 105 cm³/mol. The number of nitrogens with one attached hydrogen (secondary N) is 2. The number of halogens is 1. The molecule has 1 saturated heterocycles. The lowest BCUT2D eigenvalue weighted by molar-refractivity contribution is -0.0284. The summed E-state index contributed by atoms with van der Waals surface area (Å²) in [6.45, 7) is 9.92. The fraction of sp³-hybridized carbons (Fsp3) is 0.650. The van der Waals surface area contributed by atoms with Crippen LogP contribution in [0.3, 0.4) is 0 Å². The van der Waals surface area contributed by atoms with Crippen LogP contribution in [-0.2, 0) is 11.2 Å². The summed E-state index contributed by atoms with van der Waals surface area (Å²) in [5.74, 6) is 1.29. The Labute approximate surface area is 157 Å². The summed E-state index contributed by atoms with van der Waals surface area (Å²) in [7, 11) is 1.77. The van der Waals surface area contributed by atoms with Crippen LogP contribution in [-0.4, -0.2) is 63.3 Å². The predicted octanol–water partition coefficient (Wildman–Crippen LogP) is 2.28. The first-order valence-corrected chi connectivity index (χ1v) is 9.59. The fourth-order valence-electron chi connectivity index (χ4n) is 3.21. The standard InChI is InChI=1S/C20H33FN4O/c1-16(2)14-25-10-11-26-19(15-25)13-24-20(22-3)23-9-5-7-17-6-4-8-18(21)12-17/h4,6,8,12,16,19H,5,7,9-11,13-15H2,1-3H3,(H2,22,23,24). The van der Waals surface area contributed by atoms with Crippen molar-refractivity contribution in [3.63, 3.8) is 0 Å². The number of aliphatic imine (C=N–C) groups is 1. The average Bonchev–Trinajstić information content (AvgIpc) is 2.61. The number of ether oxygens (including phenoxy) is 1.